The van der Waals surface area contributed by atoms with Crippen LogP contribution in [0.15, 0.2) is 0 Å². The molecule has 1 saturated carbocycles. The fourth-order valence-corrected chi connectivity index (χ4v) is 4.60. The van der Waals surface area contributed by atoms with E-state index in [1.54, 1.807) is 0 Å². The molecule has 0 spiro atoms. The van der Waals surface area contributed by atoms with Gasteiger partial charge >= 0.3 is 0 Å². The number of thioether (sulfide) groups is 1. The van der Waals surface area contributed by atoms with Crippen LogP contribution in [0.1, 0.15) is 44.9 Å². The summed E-state index contributed by atoms with van der Waals surface area (Å²) in [5.74, 6) is 0. The van der Waals surface area contributed by atoms with E-state index >= 15 is 0 Å². The number of rotatable bonds is 3. The maximum atomic E-state index is 5.93. The van der Waals surface area contributed by atoms with Crippen molar-refractivity contribution in [3.8, 4) is 0 Å². The molecule has 3 fully saturated rings. The van der Waals surface area contributed by atoms with Gasteiger partial charge in [0, 0.05) is 17.3 Å². The zero-order valence-electron chi connectivity index (χ0n) is 10.2. The Hall–Kier alpha value is 0.270. The Morgan fingerprint density at radius 3 is 2.62 bits per heavy atom. The Kier molecular flexibility index (Phi) is 3.46. The molecule has 0 amide bonds. The molecule has 1 N–H and O–H groups in total. The molecule has 2 saturated heterocycles. The molecule has 5 unspecified atom stereocenters. The van der Waals surface area contributed by atoms with Gasteiger partial charge in [0.25, 0.3) is 0 Å². The van der Waals surface area contributed by atoms with Crippen molar-refractivity contribution in [1.29, 1.82) is 0 Å². The minimum atomic E-state index is 0.537. The van der Waals surface area contributed by atoms with Crippen molar-refractivity contribution in [3.05, 3.63) is 0 Å². The molecule has 92 valence electrons. The fourth-order valence-electron chi connectivity index (χ4n) is 3.66. The summed E-state index contributed by atoms with van der Waals surface area (Å²) in [5.41, 5.74) is 0. The van der Waals surface area contributed by atoms with E-state index in [0.29, 0.717) is 18.2 Å². The molecular formula is C13H23NOS. The van der Waals surface area contributed by atoms with Gasteiger partial charge in [-0.05, 0) is 38.4 Å². The monoisotopic (exact) mass is 241 g/mol. The van der Waals surface area contributed by atoms with Gasteiger partial charge in [-0.3, -0.25) is 0 Å². The average Bonchev–Trinajstić information content (AvgIpc) is 2.92. The molecule has 5 atom stereocenters. The maximum absolute atomic E-state index is 5.93. The van der Waals surface area contributed by atoms with Gasteiger partial charge in [0.05, 0.1) is 12.2 Å². The number of fused-ring (bicyclic) bond motifs is 2. The molecule has 2 aliphatic heterocycles. The summed E-state index contributed by atoms with van der Waals surface area (Å²) in [6.45, 7) is 0. The molecule has 0 radical (unpaired) electrons. The van der Waals surface area contributed by atoms with Crippen LogP contribution in [0.2, 0.25) is 0 Å². The Morgan fingerprint density at radius 2 is 1.94 bits per heavy atom. The lowest BCUT2D eigenvalue weighted by molar-refractivity contribution is 0.0953. The van der Waals surface area contributed by atoms with Crippen molar-refractivity contribution in [2.45, 2.75) is 74.5 Å². The SMILES string of the molecule is CSC1CCCCC1NC1CC2CCC1O2. The molecule has 0 aromatic carbocycles. The number of nitrogens with one attached hydrogen (secondary N) is 1. The van der Waals surface area contributed by atoms with E-state index in [1.165, 1.54) is 44.9 Å². The molecule has 3 aliphatic rings. The maximum Gasteiger partial charge on any atom is 0.0733 e. The second kappa shape index (κ2) is 4.87. The third kappa shape index (κ3) is 2.14. The normalized spacial score (nSPS) is 47.4. The summed E-state index contributed by atoms with van der Waals surface area (Å²) >= 11 is 2.05. The van der Waals surface area contributed by atoms with E-state index < -0.39 is 0 Å². The minimum absolute atomic E-state index is 0.537. The Morgan fingerprint density at radius 1 is 1.06 bits per heavy atom. The second-order valence-corrected chi connectivity index (χ2v) is 6.62. The van der Waals surface area contributed by atoms with Crippen LogP contribution in [0.3, 0.4) is 0 Å². The van der Waals surface area contributed by atoms with Gasteiger partial charge in [0.1, 0.15) is 0 Å². The Labute approximate surface area is 103 Å². The first-order valence-corrected chi connectivity index (χ1v) is 8.10. The summed E-state index contributed by atoms with van der Waals surface area (Å²) in [4.78, 5) is 0. The van der Waals surface area contributed by atoms with Crippen LogP contribution < -0.4 is 5.32 Å². The van der Waals surface area contributed by atoms with Crippen molar-refractivity contribution in [3.63, 3.8) is 0 Å². The highest BCUT2D eigenvalue weighted by molar-refractivity contribution is 7.99. The zero-order valence-corrected chi connectivity index (χ0v) is 11.0. The molecule has 16 heavy (non-hydrogen) atoms. The van der Waals surface area contributed by atoms with Crippen LogP contribution in [-0.4, -0.2) is 35.8 Å². The lowest BCUT2D eigenvalue weighted by Gasteiger charge is -2.34. The number of hydrogen-bond donors (Lipinski definition) is 1. The Bertz CT molecular complexity index is 248. The lowest BCUT2D eigenvalue weighted by Crippen LogP contribution is -2.49. The van der Waals surface area contributed by atoms with E-state index in [1.807, 2.05) is 0 Å². The van der Waals surface area contributed by atoms with Crippen molar-refractivity contribution in [2.75, 3.05) is 6.26 Å². The third-order valence-electron chi connectivity index (χ3n) is 4.54. The van der Waals surface area contributed by atoms with Crippen molar-refractivity contribution in [1.82, 2.24) is 5.32 Å². The number of ether oxygens (including phenoxy) is 1. The predicted molar refractivity (Wildman–Crippen MR) is 69.0 cm³/mol. The summed E-state index contributed by atoms with van der Waals surface area (Å²) < 4.78 is 5.93. The lowest BCUT2D eigenvalue weighted by atomic mass is 9.90. The minimum Gasteiger partial charge on any atom is -0.373 e. The highest BCUT2D eigenvalue weighted by atomic mass is 32.2. The smallest absolute Gasteiger partial charge is 0.0733 e. The van der Waals surface area contributed by atoms with Gasteiger partial charge in [0.15, 0.2) is 0 Å². The van der Waals surface area contributed by atoms with Crippen LogP contribution in [0.25, 0.3) is 0 Å². The van der Waals surface area contributed by atoms with E-state index in [4.69, 9.17) is 4.74 Å². The van der Waals surface area contributed by atoms with E-state index in [-0.39, 0.29) is 0 Å². The van der Waals surface area contributed by atoms with Gasteiger partial charge in [-0.25, -0.2) is 0 Å². The van der Waals surface area contributed by atoms with Crippen molar-refractivity contribution < 1.29 is 4.74 Å². The van der Waals surface area contributed by atoms with Crippen LogP contribution in [-0.2, 0) is 4.74 Å². The highest BCUT2D eigenvalue weighted by Crippen LogP contribution is 2.36. The molecule has 2 heterocycles. The fraction of sp³-hybridized carbons (Fsp3) is 1.00. The van der Waals surface area contributed by atoms with Gasteiger partial charge in [-0.15, -0.1) is 0 Å². The molecule has 2 nitrogen and oxygen atoms in total. The van der Waals surface area contributed by atoms with Gasteiger partial charge in [0.2, 0.25) is 0 Å². The van der Waals surface area contributed by atoms with Crippen LogP contribution in [0.4, 0.5) is 0 Å². The molecular weight excluding hydrogens is 218 g/mol. The standard InChI is InChI=1S/C13H23NOS/c1-16-13-5-3-2-4-10(13)14-11-8-9-6-7-12(11)15-9/h9-14H,2-8H2,1H3. The first-order valence-electron chi connectivity index (χ1n) is 6.81. The molecule has 3 heteroatoms. The third-order valence-corrected chi connectivity index (χ3v) is 5.71. The molecule has 0 aromatic heterocycles. The van der Waals surface area contributed by atoms with Crippen molar-refractivity contribution >= 4 is 11.8 Å². The molecule has 2 bridgehead atoms. The summed E-state index contributed by atoms with van der Waals surface area (Å²) in [5, 5.41) is 4.75. The van der Waals surface area contributed by atoms with Crippen LogP contribution in [0, 0.1) is 0 Å². The predicted octanol–water partition coefficient (Wildman–Crippen LogP) is 2.57. The molecule has 3 rings (SSSR count). The Balaban J connectivity index is 1.56. The quantitative estimate of drug-likeness (QED) is 0.820. The van der Waals surface area contributed by atoms with Crippen LogP contribution >= 0.6 is 11.8 Å². The van der Waals surface area contributed by atoms with Gasteiger partial charge in [-0.1, -0.05) is 12.8 Å². The van der Waals surface area contributed by atoms with E-state index in [9.17, 15) is 0 Å². The van der Waals surface area contributed by atoms with Crippen molar-refractivity contribution in [2.24, 2.45) is 0 Å². The average molecular weight is 241 g/mol. The highest BCUT2D eigenvalue weighted by Gasteiger charge is 2.42. The largest absolute Gasteiger partial charge is 0.373 e. The first-order chi connectivity index (χ1) is 7.86. The van der Waals surface area contributed by atoms with Gasteiger partial charge < -0.3 is 10.1 Å². The molecule has 1 aliphatic carbocycles. The summed E-state index contributed by atoms with van der Waals surface area (Å²) in [6.07, 6.45) is 12.9. The molecule has 0 aromatic rings. The topological polar surface area (TPSA) is 21.3 Å². The summed E-state index contributed by atoms with van der Waals surface area (Å²) in [6, 6.07) is 1.41. The first kappa shape index (κ1) is 11.4. The summed E-state index contributed by atoms with van der Waals surface area (Å²) in [7, 11) is 0. The second-order valence-electron chi connectivity index (χ2n) is 5.55. The van der Waals surface area contributed by atoms with E-state index in [2.05, 4.69) is 23.3 Å². The zero-order chi connectivity index (χ0) is 11.0. The van der Waals surface area contributed by atoms with E-state index in [0.717, 1.165) is 11.3 Å². The number of hydrogen-bond acceptors (Lipinski definition) is 3. The van der Waals surface area contributed by atoms with Crippen LogP contribution in [0.5, 0.6) is 0 Å². The van der Waals surface area contributed by atoms with Gasteiger partial charge in [-0.2, -0.15) is 11.8 Å².